The van der Waals surface area contributed by atoms with E-state index in [0.29, 0.717) is 11.3 Å². The molecule has 1 aromatic rings. The predicted octanol–water partition coefficient (Wildman–Crippen LogP) is 2.00. The summed E-state index contributed by atoms with van der Waals surface area (Å²) in [7, 11) is -3.75. The van der Waals surface area contributed by atoms with Crippen molar-refractivity contribution in [3.63, 3.8) is 0 Å². The topological polar surface area (TPSA) is 69.4 Å². The van der Waals surface area contributed by atoms with Crippen molar-refractivity contribution >= 4 is 10.0 Å². The molecule has 0 spiro atoms. The van der Waals surface area contributed by atoms with Crippen LogP contribution in [-0.2, 0) is 10.0 Å². The molecule has 0 atom stereocenters. The van der Waals surface area contributed by atoms with Crippen molar-refractivity contribution in [2.75, 3.05) is 0 Å². The Bertz CT molecular complexity index is 519. The first-order valence-electron chi connectivity index (χ1n) is 5.72. The smallest absolute Gasteiger partial charge is 0.242 e. The molecule has 5 heteroatoms. The van der Waals surface area contributed by atoms with Crippen LogP contribution in [0, 0.1) is 0 Å². The minimum absolute atomic E-state index is 0.0890. The van der Waals surface area contributed by atoms with Crippen molar-refractivity contribution in [3.8, 4) is 5.75 Å². The first kappa shape index (κ1) is 12.4. The van der Waals surface area contributed by atoms with Gasteiger partial charge in [-0.3, -0.25) is 0 Å². The molecule has 17 heavy (non-hydrogen) atoms. The summed E-state index contributed by atoms with van der Waals surface area (Å²) in [5.41, 5.74) is 0.714. The highest BCUT2D eigenvalue weighted by Crippen LogP contribution is 2.35. The van der Waals surface area contributed by atoms with Crippen molar-refractivity contribution in [2.45, 2.75) is 43.6 Å². The number of rotatable bonds is 4. The number of ether oxygens (including phenoxy) is 1. The molecule has 0 saturated heterocycles. The largest absolute Gasteiger partial charge is 0.489 e. The molecule has 94 valence electrons. The van der Waals surface area contributed by atoms with Gasteiger partial charge in [-0.2, -0.15) is 0 Å². The van der Waals surface area contributed by atoms with Crippen molar-refractivity contribution in [1.82, 2.24) is 0 Å². The maximum Gasteiger partial charge on any atom is 0.242 e. The minimum Gasteiger partial charge on any atom is -0.489 e. The maximum absolute atomic E-state index is 11.7. The van der Waals surface area contributed by atoms with E-state index in [9.17, 15) is 8.42 Å². The summed E-state index contributed by atoms with van der Waals surface area (Å²) in [6.45, 7) is 3.87. The Morgan fingerprint density at radius 2 is 2.00 bits per heavy atom. The van der Waals surface area contributed by atoms with Crippen molar-refractivity contribution in [1.29, 1.82) is 0 Å². The highest BCUT2D eigenvalue weighted by Gasteiger charge is 2.28. The highest BCUT2D eigenvalue weighted by molar-refractivity contribution is 7.89. The van der Waals surface area contributed by atoms with Gasteiger partial charge in [-0.1, -0.05) is 26.0 Å². The standard InChI is InChI=1S/C12H17NO3S/c1-8(2)10-4-3-5-11(16-9-6-7-9)12(10)17(13,14)15/h3-5,8-9H,6-7H2,1-2H3,(H2,13,14,15). The molecule has 1 fully saturated rings. The van der Waals surface area contributed by atoms with Gasteiger partial charge in [-0.25, -0.2) is 13.6 Å². The lowest BCUT2D eigenvalue weighted by atomic mass is 10.0. The van der Waals surface area contributed by atoms with E-state index in [1.807, 2.05) is 19.9 Å². The first-order valence-corrected chi connectivity index (χ1v) is 7.26. The Balaban J connectivity index is 2.53. The Labute approximate surface area is 102 Å². The molecule has 4 nitrogen and oxygen atoms in total. The summed E-state index contributed by atoms with van der Waals surface area (Å²) in [6, 6.07) is 5.26. The van der Waals surface area contributed by atoms with Crippen LogP contribution in [0.2, 0.25) is 0 Å². The van der Waals surface area contributed by atoms with Gasteiger partial charge in [0.15, 0.2) is 0 Å². The molecule has 1 aliphatic carbocycles. The monoisotopic (exact) mass is 255 g/mol. The molecule has 0 radical (unpaired) electrons. The van der Waals surface area contributed by atoms with Crippen LogP contribution in [0.25, 0.3) is 0 Å². The third-order valence-electron chi connectivity index (χ3n) is 2.73. The molecule has 0 bridgehead atoms. The van der Waals surface area contributed by atoms with Crippen LogP contribution >= 0.6 is 0 Å². The third kappa shape index (κ3) is 2.79. The summed E-state index contributed by atoms with van der Waals surface area (Å²) < 4.78 is 29.0. The fourth-order valence-electron chi connectivity index (χ4n) is 1.75. The second-order valence-corrected chi connectivity index (χ2v) is 6.19. The predicted molar refractivity (Wildman–Crippen MR) is 65.6 cm³/mol. The van der Waals surface area contributed by atoms with Gasteiger partial charge in [0, 0.05) is 0 Å². The zero-order valence-corrected chi connectivity index (χ0v) is 10.8. The van der Waals surface area contributed by atoms with E-state index in [1.54, 1.807) is 12.1 Å². The quantitative estimate of drug-likeness (QED) is 0.894. The number of primary sulfonamides is 1. The van der Waals surface area contributed by atoms with Gasteiger partial charge in [0.05, 0.1) is 6.10 Å². The van der Waals surface area contributed by atoms with Crippen LogP contribution in [0.1, 0.15) is 38.2 Å². The lowest BCUT2D eigenvalue weighted by molar-refractivity contribution is 0.294. The van der Waals surface area contributed by atoms with Crippen LogP contribution in [0.4, 0.5) is 0 Å². The average Bonchev–Trinajstić information content (AvgIpc) is 2.99. The summed E-state index contributed by atoms with van der Waals surface area (Å²) in [6.07, 6.45) is 2.12. The fourth-order valence-corrected chi connectivity index (χ4v) is 2.78. The van der Waals surface area contributed by atoms with E-state index in [2.05, 4.69) is 0 Å². The van der Waals surface area contributed by atoms with Gasteiger partial charge in [0.25, 0.3) is 0 Å². The van der Waals surface area contributed by atoms with Crippen molar-refractivity contribution < 1.29 is 13.2 Å². The molecule has 0 unspecified atom stereocenters. The SMILES string of the molecule is CC(C)c1cccc(OC2CC2)c1S(N)(=O)=O. The molecule has 0 aliphatic heterocycles. The zero-order chi connectivity index (χ0) is 12.6. The Morgan fingerprint density at radius 3 is 2.47 bits per heavy atom. The van der Waals surface area contributed by atoms with Gasteiger partial charge in [0.1, 0.15) is 10.6 Å². The van der Waals surface area contributed by atoms with Crippen molar-refractivity contribution in [3.05, 3.63) is 23.8 Å². The average molecular weight is 255 g/mol. The number of nitrogens with two attached hydrogens (primary N) is 1. The van der Waals surface area contributed by atoms with Crippen LogP contribution in [0.15, 0.2) is 23.1 Å². The molecule has 0 amide bonds. The lowest BCUT2D eigenvalue weighted by Gasteiger charge is -2.15. The molecule has 1 aliphatic rings. The van der Waals surface area contributed by atoms with Gasteiger partial charge in [-0.05, 0) is 30.4 Å². The van der Waals surface area contributed by atoms with Crippen LogP contribution in [0.5, 0.6) is 5.75 Å². The van der Waals surface area contributed by atoms with Crippen molar-refractivity contribution in [2.24, 2.45) is 5.14 Å². The normalized spacial score (nSPS) is 16.2. The van der Waals surface area contributed by atoms with Gasteiger partial charge in [-0.15, -0.1) is 0 Å². The van der Waals surface area contributed by atoms with E-state index in [-0.39, 0.29) is 16.9 Å². The summed E-state index contributed by atoms with van der Waals surface area (Å²) >= 11 is 0. The molecule has 2 N–H and O–H groups in total. The summed E-state index contributed by atoms with van der Waals surface area (Å²) in [5, 5.41) is 5.28. The number of hydrogen-bond acceptors (Lipinski definition) is 3. The zero-order valence-electron chi connectivity index (χ0n) is 10.0. The molecule has 0 aromatic heterocycles. The molecule has 2 rings (SSSR count). The second kappa shape index (κ2) is 4.31. The second-order valence-electron chi connectivity index (χ2n) is 4.69. The molecular formula is C12H17NO3S. The van der Waals surface area contributed by atoms with Gasteiger partial charge in [0.2, 0.25) is 10.0 Å². The summed E-state index contributed by atoms with van der Waals surface area (Å²) in [5.74, 6) is 0.479. The van der Waals surface area contributed by atoms with Crippen LogP contribution in [-0.4, -0.2) is 14.5 Å². The van der Waals surface area contributed by atoms with E-state index >= 15 is 0 Å². The Kier molecular flexibility index (Phi) is 3.14. The lowest BCUT2D eigenvalue weighted by Crippen LogP contribution is -2.17. The molecule has 1 saturated carbocycles. The molecule has 1 aromatic carbocycles. The highest BCUT2D eigenvalue weighted by atomic mass is 32.2. The molecule has 0 heterocycles. The Hall–Kier alpha value is -1.07. The molecular weight excluding hydrogens is 238 g/mol. The third-order valence-corrected chi connectivity index (χ3v) is 3.74. The number of benzene rings is 1. The van der Waals surface area contributed by atoms with E-state index < -0.39 is 10.0 Å². The van der Waals surface area contributed by atoms with E-state index in [1.165, 1.54) is 0 Å². The van der Waals surface area contributed by atoms with Crippen LogP contribution in [0.3, 0.4) is 0 Å². The van der Waals surface area contributed by atoms with E-state index in [0.717, 1.165) is 12.8 Å². The summed E-state index contributed by atoms with van der Waals surface area (Å²) in [4.78, 5) is 0.141. The first-order chi connectivity index (χ1) is 7.89. The van der Waals surface area contributed by atoms with Gasteiger partial charge < -0.3 is 4.74 Å². The van der Waals surface area contributed by atoms with Crippen LogP contribution < -0.4 is 9.88 Å². The number of hydrogen-bond donors (Lipinski definition) is 1. The minimum atomic E-state index is -3.75. The number of sulfonamides is 1. The fraction of sp³-hybridized carbons (Fsp3) is 0.500. The van der Waals surface area contributed by atoms with Gasteiger partial charge >= 0.3 is 0 Å². The maximum atomic E-state index is 11.7. The Morgan fingerprint density at radius 1 is 1.35 bits per heavy atom. The van der Waals surface area contributed by atoms with E-state index in [4.69, 9.17) is 9.88 Å².